The quantitative estimate of drug-likeness (QED) is 0.603. The van der Waals surface area contributed by atoms with Crippen molar-refractivity contribution in [3.05, 3.63) is 44.5 Å². The second-order valence-corrected chi connectivity index (χ2v) is 6.27. The van der Waals surface area contributed by atoms with Crippen molar-refractivity contribution in [1.82, 2.24) is 8.75 Å². The number of amides is 1. The first-order chi connectivity index (χ1) is 10.1. The second-order valence-electron chi connectivity index (χ2n) is 4.17. The maximum Gasteiger partial charge on any atom is 0.255 e. The SMILES string of the molecule is O=C(Nc1c(Cl)ccc2nsnc12)c1ccc(I)c(O)c1. The Morgan fingerprint density at radius 2 is 2.10 bits per heavy atom. The van der Waals surface area contributed by atoms with Crippen molar-refractivity contribution >= 4 is 68.5 Å². The van der Waals surface area contributed by atoms with E-state index in [1.165, 1.54) is 6.07 Å². The first-order valence-corrected chi connectivity index (χ1v) is 7.95. The summed E-state index contributed by atoms with van der Waals surface area (Å²) in [6.45, 7) is 0. The molecule has 0 saturated heterocycles. The van der Waals surface area contributed by atoms with Crippen molar-refractivity contribution in [1.29, 1.82) is 0 Å². The molecule has 0 fully saturated rings. The summed E-state index contributed by atoms with van der Waals surface area (Å²) in [6, 6.07) is 8.10. The third kappa shape index (κ3) is 2.81. The van der Waals surface area contributed by atoms with Gasteiger partial charge in [-0.15, -0.1) is 0 Å². The van der Waals surface area contributed by atoms with E-state index >= 15 is 0 Å². The minimum atomic E-state index is -0.371. The molecule has 21 heavy (non-hydrogen) atoms. The fourth-order valence-electron chi connectivity index (χ4n) is 1.79. The van der Waals surface area contributed by atoms with Gasteiger partial charge >= 0.3 is 0 Å². The van der Waals surface area contributed by atoms with E-state index < -0.39 is 0 Å². The van der Waals surface area contributed by atoms with E-state index in [-0.39, 0.29) is 11.7 Å². The highest BCUT2D eigenvalue weighted by molar-refractivity contribution is 14.1. The average molecular weight is 432 g/mol. The van der Waals surface area contributed by atoms with Gasteiger partial charge in [-0.2, -0.15) is 8.75 Å². The Kier molecular flexibility index (Phi) is 3.96. The van der Waals surface area contributed by atoms with E-state index in [9.17, 15) is 9.90 Å². The zero-order valence-electron chi connectivity index (χ0n) is 10.3. The Labute approximate surface area is 142 Å². The lowest BCUT2D eigenvalue weighted by atomic mass is 10.2. The van der Waals surface area contributed by atoms with Gasteiger partial charge in [-0.25, -0.2) is 0 Å². The maximum atomic E-state index is 12.3. The highest BCUT2D eigenvalue weighted by Gasteiger charge is 2.15. The molecule has 106 valence electrons. The molecule has 0 aliphatic rings. The average Bonchev–Trinajstić information content (AvgIpc) is 2.93. The number of nitrogens with zero attached hydrogens (tertiary/aromatic N) is 2. The molecule has 0 radical (unpaired) electrons. The molecule has 0 unspecified atom stereocenters. The Hall–Kier alpha value is -1.45. The Morgan fingerprint density at radius 3 is 2.86 bits per heavy atom. The van der Waals surface area contributed by atoms with Crippen LogP contribution in [0, 0.1) is 3.57 Å². The smallest absolute Gasteiger partial charge is 0.255 e. The van der Waals surface area contributed by atoms with E-state index in [0.717, 1.165) is 11.7 Å². The third-order valence-electron chi connectivity index (χ3n) is 2.82. The number of carbonyl (C=O) groups excluding carboxylic acids is 1. The summed E-state index contributed by atoms with van der Waals surface area (Å²) in [5.74, 6) is -0.313. The number of phenolic OH excluding ortho intramolecular Hbond substituents is 1. The van der Waals surface area contributed by atoms with Crippen LogP contribution in [0.25, 0.3) is 11.0 Å². The van der Waals surface area contributed by atoms with Crippen LogP contribution in [0.4, 0.5) is 5.69 Å². The summed E-state index contributed by atoms with van der Waals surface area (Å²) in [7, 11) is 0. The molecule has 0 bridgehead atoms. The van der Waals surface area contributed by atoms with Crippen LogP contribution in [-0.4, -0.2) is 19.8 Å². The number of rotatable bonds is 2. The molecule has 0 aliphatic heterocycles. The molecule has 8 heteroatoms. The van der Waals surface area contributed by atoms with Gasteiger partial charge in [0, 0.05) is 5.56 Å². The molecule has 0 aliphatic carbocycles. The summed E-state index contributed by atoms with van der Waals surface area (Å²) in [4.78, 5) is 12.3. The van der Waals surface area contributed by atoms with E-state index in [4.69, 9.17) is 11.6 Å². The van der Waals surface area contributed by atoms with Crippen molar-refractivity contribution in [2.45, 2.75) is 0 Å². The molecule has 0 spiro atoms. The van der Waals surface area contributed by atoms with Crippen LogP contribution < -0.4 is 5.32 Å². The number of anilines is 1. The number of halogens is 2. The maximum absolute atomic E-state index is 12.3. The van der Waals surface area contributed by atoms with Crippen LogP contribution >= 0.6 is 45.9 Å². The largest absolute Gasteiger partial charge is 0.507 e. The highest BCUT2D eigenvalue weighted by atomic mass is 127. The Bertz CT molecular complexity index is 853. The third-order valence-corrected chi connectivity index (χ3v) is 4.59. The van der Waals surface area contributed by atoms with Gasteiger partial charge in [-0.3, -0.25) is 4.79 Å². The molecular weight excluding hydrogens is 425 g/mol. The van der Waals surface area contributed by atoms with Crippen molar-refractivity contribution < 1.29 is 9.90 Å². The summed E-state index contributed by atoms with van der Waals surface area (Å²) < 4.78 is 8.92. The number of hydrogen-bond donors (Lipinski definition) is 2. The van der Waals surface area contributed by atoms with Gasteiger partial charge in [0.2, 0.25) is 0 Å². The predicted octanol–water partition coefficient (Wildman–Crippen LogP) is 3.91. The molecule has 1 aromatic heterocycles. The minimum absolute atomic E-state index is 0.0582. The number of aromatic hydroxyl groups is 1. The molecule has 3 aromatic rings. The molecule has 0 atom stereocenters. The van der Waals surface area contributed by atoms with Gasteiger partial charge < -0.3 is 10.4 Å². The van der Waals surface area contributed by atoms with E-state index in [1.54, 1.807) is 24.3 Å². The highest BCUT2D eigenvalue weighted by Crippen LogP contribution is 2.30. The molecule has 2 aromatic carbocycles. The Balaban J connectivity index is 1.98. The van der Waals surface area contributed by atoms with Crippen molar-refractivity contribution in [3.8, 4) is 5.75 Å². The molecule has 0 saturated carbocycles. The number of hydrogen-bond acceptors (Lipinski definition) is 5. The van der Waals surface area contributed by atoms with Crippen molar-refractivity contribution in [2.24, 2.45) is 0 Å². The number of carbonyl (C=O) groups is 1. The lowest BCUT2D eigenvalue weighted by molar-refractivity contribution is 0.102. The number of aromatic nitrogens is 2. The number of nitrogens with one attached hydrogen (secondary N) is 1. The fourth-order valence-corrected chi connectivity index (χ4v) is 2.86. The summed E-state index contributed by atoms with van der Waals surface area (Å²) >= 11 is 9.16. The van der Waals surface area contributed by atoms with E-state index in [2.05, 4.69) is 14.1 Å². The van der Waals surface area contributed by atoms with Crippen LogP contribution in [0.3, 0.4) is 0 Å². The monoisotopic (exact) mass is 431 g/mol. The topological polar surface area (TPSA) is 75.1 Å². The van der Waals surface area contributed by atoms with Crippen molar-refractivity contribution in [2.75, 3.05) is 5.32 Å². The van der Waals surface area contributed by atoms with Gasteiger partial charge in [-0.05, 0) is 52.9 Å². The zero-order valence-corrected chi connectivity index (χ0v) is 14.0. The number of fused-ring (bicyclic) bond motifs is 1. The molecule has 5 nitrogen and oxygen atoms in total. The van der Waals surface area contributed by atoms with Crippen LogP contribution in [0.5, 0.6) is 5.75 Å². The lowest BCUT2D eigenvalue weighted by Gasteiger charge is -2.08. The van der Waals surface area contributed by atoms with Gasteiger partial charge in [-0.1, -0.05) is 11.6 Å². The second kappa shape index (κ2) is 5.74. The predicted molar refractivity (Wildman–Crippen MR) is 91.2 cm³/mol. The summed E-state index contributed by atoms with van der Waals surface area (Å²) in [6.07, 6.45) is 0. The van der Waals surface area contributed by atoms with Crippen LogP contribution in [0.2, 0.25) is 5.02 Å². The van der Waals surface area contributed by atoms with Crippen LogP contribution in [0.15, 0.2) is 30.3 Å². The number of benzene rings is 2. The van der Waals surface area contributed by atoms with E-state index in [0.29, 0.717) is 30.9 Å². The minimum Gasteiger partial charge on any atom is -0.507 e. The molecule has 1 amide bonds. The summed E-state index contributed by atoms with van der Waals surface area (Å²) in [5.41, 5.74) is 1.98. The standard InChI is InChI=1S/C13H7ClIN3O2S/c14-7-2-4-9-12(18-21-17-9)11(7)16-13(20)6-1-3-8(15)10(19)5-6/h1-5,19H,(H,16,20). The van der Waals surface area contributed by atoms with Crippen LogP contribution in [-0.2, 0) is 0 Å². The molecule has 2 N–H and O–H groups in total. The normalized spacial score (nSPS) is 10.8. The molecule has 1 heterocycles. The first-order valence-electron chi connectivity index (χ1n) is 5.77. The fraction of sp³-hybridized carbons (Fsp3) is 0. The number of phenols is 1. The zero-order chi connectivity index (χ0) is 15.0. The van der Waals surface area contributed by atoms with Gasteiger partial charge in [0.05, 0.1) is 26.0 Å². The summed E-state index contributed by atoms with van der Waals surface area (Å²) in [5, 5.41) is 12.8. The lowest BCUT2D eigenvalue weighted by Crippen LogP contribution is -2.12. The van der Waals surface area contributed by atoms with Crippen LogP contribution in [0.1, 0.15) is 10.4 Å². The van der Waals surface area contributed by atoms with Gasteiger partial charge in [0.1, 0.15) is 16.8 Å². The van der Waals surface area contributed by atoms with Gasteiger partial charge in [0.25, 0.3) is 5.91 Å². The van der Waals surface area contributed by atoms with E-state index in [1.807, 2.05) is 22.6 Å². The molecular formula is C13H7ClIN3O2S. The Morgan fingerprint density at radius 1 is 1.29 bits per heavy atom. The van der Waals surface area contributed by atoms with Crippen molar-refractivity contribution in [3.63, 3.8) is 0 Å². The first kappa shape index (κ1) is 14.5. The van der Waals surface area contributed by atoms with Gasteiger partial charge in [0.15, 0.2) is 0 Å². The molecule has 3 rings (SSSR count).